The van der Waals surface area contributed by atoms with Crippen molar-refractivity contribution in [3.05, 3.63) is 65.7 Å². The lowest BCUT2D eigenvalue weighted by Crippen LogP contribution is -2.43. The molecule has 1 heterocycles. The minimum atomic E-state index is -0.951. The van der Waals surface area contributed by atoms with Crippen molar-refractivity contribution in [1.82, 2.24) is 5.32 Å². The van der Waals surface area contributed by atoms with Gasteiger partial charge < -0.3 is 10.6 Å². The van der Waals surface area contributed by atoms with Crippen LogP contribution < -0.4 is 10.6 Å². The molecule has 0 bridgehead atoms. The lowest BCUT2D eigenvalue weighted by atomic mass is 9.85. The minimum absolute atomic E-state index is 0.206. The molecule has 0 spiro atoms. The fourth-order valence-corrected chi connectivity index (χ4v) is 2.94. The molecule has 1 atom stereocenters. The van der Waals surface area contributed by atoms with Gasteiger partial charge in [-0.25, -0.2) is 0 Å². The van der Waals surface area contributed by atoms with E-state index in [1.165, 1.54) is 0 Å². The highest BCUT2D eigenvalue weighted by molar-refractivity contribution is 6.14. The van der Waals surface area contributed by atoms with Crippen LogP contribution in [0.5, 0.6) is 0 Å². The maximum atomic E-state index is 12.6. The highest BCUT2D eigenvalue weighted by Crippen LogP contribution is 2.29. The Balaban J connectivity index is 1.87. The Morgan fingerprint density at radius 3 is 2.42 bits per heavy atom. The molecule has 3 rings (SSSR count). The van der Waals surface area contributed by atoms with E-state index in [1.807, 2.05) is 75.4 Å². The Bertz CT molecular complexity index is 851. The number of anilines is 1. The van der Waals surface area contributed by atoms with E-state index in [2.05, 4.69) is 15.6 Å². The van der Waals surface area contributed by atoms with E-state index in [1.54, 1.807) is 0 Å². The fourth-order valence-electron chi connectivity index (χ4n) is 2.94. The summed E-state index contributed by atoms with van der Waals surface area (Å²) in [7, 11) is 0. The zero-order chi connectivity index (χ0) is 18.7. The summed E-state index contributed by atoms with van der Waals surface area (Å²) in [5.74, 6) is -0.572. The van der Waals surface area contributed by atoms with Crippen LogP contribution >= 0.6 is 0 Å². The normalized spacial score (nSPS) is 16.8. The van der Waals surface area contributed by atoms with Gasteiger partial charge in [0.25, 0.3) is 5.91 Å². The van der Waals surface area contributed by atoms with Crippen molar-refractivity contribution in [2.75, 3.05) is 5.32 Å². The van der Waals surface area contributed by atoms with Crippen LogP contribution in [-0.2, 0) is 16.0 Å². The standard InChI is InChI=1S/C21H23N3O2/c1-21(2,3)18-15-11-7-8-12-16(15)22-20(26)19(24-18)23-17(25)13-14-9-5-4-6-10-14/h4-12,19H,13H2,1-3H3,(H,22,26)(H,23,25)/t19-/m1/s1. The Morgan fingerprint density at radius 1 is 1.08 bits per heavy atom. The average Bonchev–Trinajstić information content (AvgIpc) is 2.72. The third-order valence-electron chi connectivity index (χ3n) is 4.16. The maximum Gasteiger partial charge on any atom is 0.269 e. The molecule has 2 amide bonds. The number of hydrogen-bond donors (Lipinski definition) is 2. The lowest BCUT2D eigenvalue weighted by molar-refractivity contribution is -0.125. The predicted octanol–water partition coefficient (Wildman–Crippen LogP) is 3.16. The van der Waals surface area contributed by atoms with Gasteiger partial charge in [0, 0.05) is 16.7 Å². The van der Waals surface area contributed by atoms with Crippen LogP contribution in [0.4, 0.5) is 5.69 Å². The molecule has 5 heteroatoms. The largest absolute Gasteiger partial charge is 0.326 e. The predicted molar refractivity (Wildman–Crippen MR) is 103 cm³/mol. The number of hydrogen-bond acceptors (Lipinski definition) is 3. The number of nitrogens with one attached hydrogen (secondary N) is 2. The molecular formula is C21H23N3O2. The Kier molecular flexibility index (Phi) is 4.89. The first-order chi connectivity index (χ1) is 12.3. The molecule has 134 valence electrons. The van der Waals surface area contributed by atoms with Gasteiger partial charge in [0.15, 0.2) is 0 Å². The van der Waals surface area contributed by atoms with Crippen molar-refractivity contribution in [2.24, 2.45) is 10.4 Å². The van der Waals surface area contributed by atoms with Gasteiger partial charge in [-0.05, 0) is 11.6 Å². The number of para-hydroxylation sites is 1. The van der Waals surface area contributed by atoms with E-state index in [-0.39, 0.29) is 23.7 Å². The molecule has 0 fully saturated rings. The SMILES string of the molecule is CC(C)(C)C1=N[C@@H](NC(=O)Cc2ccccc2)C(=O)Nc2ccccc21. The first kappa shape index (κ1) is 17.9. The van der Waals surface area contributed by atoms with Gasteiger partial charge in [0.2, 0.25) is 12.1 Å². The number of benzodiazepines with no additional fused rings is 1. The Hall–Kier alpha value is -2.95. The topological polar surface area (TPSA) is 70.6 Å². The summed E-state index contributed by atoms with van der Waals surface area (Å²) in [6.07, 6.45) is -0.745. The van der Waals surface area contributed by atoms with E-state index in [0.717, 1.165) is 16.8 Å². The number of fused-ring (bicyclic) bond motifs is 1. The van der Waals surface area contributed by atoms with E-state index in [0.29, 0.717) is 5.69 Å². The number of benzene rings is 2. The molecule has 0 aliphatic carbocycles. The van der Waals surface area contributed by atoms with Gasteiger partial charge in [-0.15, -0.1) is 0 Å². The van der Waals surface area contributed by atoms with E-state index in [9.17, 15) is 9.59 Å². The number of amides is 2. The fraction of sp³-hybridized carbons (Fsp3) is 0.286. The average molecular weight is 349 g/mol. The second-order valence-corrected chi connectivity index (χ2v) is 7.39. The zero-order valence-electron chi connectivity index (χ0n) is 15.2. The smallest absolute Gasteiger partial charge is 0.269 e. The summed E-state index contributed by atoms with van der Waals surface area (Å²) in [6.45, 7) is 6.13. The van der Waals surface area contributed by atoms with Crippen molar-refractivity contribution in [2.45, 2.75) is 33.4 Å². The molecular weight excluding hydrogens is 326 g/mol. The summed E-state index contributed by atoms with van der Waals surface area (Å²) >= 11 is 0. The molecule has 2 aromatic carbocycles. The van der Waals surface area contributed by atoms with Crippen LogP contribution in [0.1, 0.15) is 31.9 Å². The quantitative estimate of drug-likeness (QED) is 0.893. The number of carbonyl (C=O) groups excluding carboxylic acids is 2. The number of rotatable bonds is 3. The summed E-state index contributed by atoms with van der Waals surface area (Å²) < 4.78 is 0. The second-order valence-electron chi connectivity index (χ2n) is 7.39. The minimum Gasteiger partial charge on any atom is -0.326 e. The van der Waals surface area contributed by atoms with Gasteiger partial charge >= 0.3 is 0 Å². The van der Waals surface area contributed by atoms with Crippen LogP contribution in [-0.4, -0.2) is 23.7 Å². The van der Waals surface area contributed by atoms with Crippen LogP contribution in [0.3, 0.4) is 0 Å². The first-order valence-electron chi connectivity index (χ1n) is 8.66. The summed E-state index contributed by atoms with van der Waals surface area (Å²) in [6, 6.07) is 17.0. The van der Waals surface area contributed by atoms with Gasteiger partial charge in [0.1, 0.15) is 0 Å². The zero-order valence-corrected chi connectivity index (χ0v) is 15.2. The Morgan fingerprint density at radius 2 is 1.73 bits per heavy atom. The molecule has 0 saturated carbocycles. The number of carbonyl (C=O) groups is 2. The molecule has 2 aromatic rings. The molecule has 26 heavy (non-hydrogen) atoms. The second kappa shape index (κ2) is 7.12. The molecule has 0 aromatic heterocycles. The first-order valence-corrected chi connectivity index (χ1v) is 8.66. The monoisotopic (exact) mass is 349 g/mol. The molecule has 1 aliphatic rings. The van der Waals surface area contributed by atoms with Crippen molar-refractivity contribution >= 4 is 23.2 Å². The van der Waals surface area contributed by atoms with Gasteiger partial charge in [-0.1, -0.05) is 69.3 Å². The molecule has 1 aliphatic heterocycles. The number of aliphatic imine (C=N–C) groups is 1. The van der Waals surface area contributed by atoms with Crippen molar-refractivity contribution in [1.29, 1.82) is 0 Å². The molecule has 5 nitrogen and oxygen atoms in total. The highest BCUT2D eigenvalue weighted by atomic mass is 16.2. The molecule has 0 saturated heterocycles. The van der Waals surface area contributed by atoms with Gasteiger partial charge in [0.05, 0.1) is 12.1 Å². The summed E-state index contributed by atoms with van der Waals surface area (Å²) in [4.78, 5) is 29.6. The van der Waals surface area contributed by atoms with Crippen molar-refractivity contribution in [3.8, 4) is 0 Å². The number of nitrogens with zero attached hydrogens (tertiary/aromatic N) is 1. The van der Waals surface area contributed by atoms with Crippen LogP contribution in [0.15, 0.2) is 59.6 Å². The molecule has 2 N–H and O–H groups in total. The van der Waals surface area contributed by atoms with E-state index < -0.39 is 6.17 Å². The molecule has 0 unspecified atom stereocenters. The molecule has 0 radical (unpaired) electrons. The van der Waals surface area contributed by atoms with Crippen LogP contribution in [0, 0.1) is 5.41 Å². The van der Waals surface area contributed by atoms with Crippen LogP contribution in [0.2, 0.25) is 0 Å². The van der Waals surface area contributed by atoms with Crippen LogP contribution in [0.25, 0.3) is 0 Å². The van der Waals surface area contributed by atoms with Gasteiger partial charge in [-0.3, -0.25) is 14.6 Å². The highest BCUT2D eigenvalue weighted by Gasteiger charge is 2.31. The third kappa shape index (κ3) is 3.99. The maximum absolute atomic E-state index is 12.6. The Labute approximate surface area is 153 Å². The van der Waals surface area contributed by atoms with E-state index in [4.69, 9.17) is 0 Å². The van der Waals surface area contributed by atoms with Crippen molar-refractivity contribution in [3.63, 3.8) is 0 Å². The third-order valence-corrected chi connectivity index (χ3v) is 4.16. The summed E-state index contributed by atoms with van der Waals surface area (Å²) in [5.41, 5.74) is 3.00. The van der Waals surface area contributed by atoms with E-state index >= 15 is 0 Å². The summed E-state index contributed by atoms with van der Waals surface area (Å²) in [5, 5.41) is 5.63. The van der Waals surface area contributed by atoms with Gasteiger partial charge in [-0.2, -0.15) is 0 Å². The van der Waals surface area contributed by atoms with Crippen molar-refractivity contribution < 1.29 is 9.59 Å². The lowest BCUT2D eigenvalue weighted by Gasteiger charge is -2.23.